The van der Waals surface area contributed by atoms with Crippen LogP contribution >= 0.6 is 0 Å². The number of carbonyl (C=O) groups is 2. The first kappa shape index (κ1) is 14.8. The number of hydrogen-bond acceptors (Lipinski definition) is 3. The van der Waals surface area contributed by atoms with Crippen molar-refractivity contribution in [1.29, 1.82) is 0 Å². The van der Waals surface area contributed by atoms with Crippen LogP contribution in [-0.2, 0) is 9.53 Å². The smallest absolute Gasteiger partial charge is 0.408 e. The molecule has 1 aliphatic carbocycles. The number of carboxylic acid groups (broad SMARTS) is 1. The number of aliphatic carboxylic acids is 1. The van der Waals surface area contributed by atoms with Gasteiger partial charge in [-0.1, -0.05) is 13.8 Å². The van der Waals surface area contributed by atoms with Crippen molar-refractivity contribution in [2.75, 3.05) is 0 Å². The molecule has 0 heterocycles. The molecule has 104 valence electrons. The van der Waals surface area contributed by atoms with E-state index in [9.17, 15) is 14.7 Å². The topological polar surface area (TPSA) is 75.6 Å². The van der Waals surface area contributed by atoms with E-state index in [4.69, 9.17) is 4.74 Å². The molecule has 1 amide bonds. The van der Waals surface area contributed by atoms with Crippen molar-refractivity contribution in [2.24, 2.45) is 11.8 Å². The van der Waals surface area contributed by atoms with Crippen molar-refractivity contribution >= 4 is 12.1 Å². The summed E-state index contributed by atoms with van der Waals surface area (Å²) in [6, 6.07) is 0. The Bertz CT molecular complexity index is 345. The van der Waals surface area contributed by atoms with Crippen LogP contribution in [0.1, 0.15) is 47.5 Å². The van der Waals surface area contributed by atoms with Gasteiger partial charge in [0.2, 0.25) is 0 Å². The molecule has 5 nitrogen and oxygen atoms in total. The van der Waals surface area contributed by atoms with Gasteiger partial charge < -0.3 is 15.2 Å². The quantitative estimate of drug-likeness (QED) is 0.814. The Morgan fingerprint density at radius 3 is 2.22 bits per heavy atom. The Balaban J connectivity index is 2.77. The lowest BCUT2D eigenvalue weighted by Crippen LogP contribution is -2.66. The third-order valence-electron chi connectivity index (χ3n) is 3.39. The van der Waals surface area contributed by atoms with Crippen molar-refractivity contribution in [3.8, 4) is 0 Å². The molecule has 1 fully saturated rings. The first-order chi connectivity index (χ1) is 8.08. The molecule has 1 rings (SSSR count). The Labute approximate surface area is 108 Å². The molecular formula is C13H23NO4. The Morgan fingerprint density at radius 2 is 1.94 bits per heavy atom. The lowest BCUT2D eigenvalue weighted by molar-refractivity contribution is -0.155. The third kappa shape index (κ3) is 2.94. The first-order valence-electron chi connectivity index (χ1n) is 6.33. The van der Waals surface area contributed by atoms with Crippen molar-refractivity contribution in [3.05, 3.63) is 0 Å². The van der Waals surface area contributed by atoms with Crippen molar-refractivity contribution in [2.45, 2.75) is 58.6 Å². The van der Waals surface area contributed by atoms with Gasteiger partial charge in [0.25, 0.3) is 0 Å². The number of rotatable bonds is 3. The molecule has 18 heavy (non-hydrogen) atoms. The average Bonchev–Trinajstić information content (AvgIpc) is 2.07. The van der Waals surface area contributed by atoms with Gasteiger partial charge in [0, 0.05) is 0 Å². The van der Waals surface area contributed by atoms with Crippen LogP contribution in [-0.4, -0.2) is 28.3 Å². The molecule has 0 aromatic heterocycles. The highest BCUT2D eigenvalue weighted by Gasteiger charge is 2.55. The third-order valence-corrected chi connectivity index (χ3v) is 3.39. The SMILES string of the molecule is CC(C)[C@H]1CC[C@@]1(NC(=O)OC(C)(C)C)C(=O)O. The van der Waals surface area contributed by atoms with Crippen LogP contribution in [0.2, 0.25) is 0 Å². The largest absolute Gasteiger partial charge is 0.479 e. The van der Waals surface area contributed by atoms with E-state index in [2.05, 4.69) is 5.32 Å². The molecule has 1 aliphatic rings. The molecule has 0 saturated heterocycles. The van der Waals surface area contributed by atoms with E-state index in [0.717, 1.165) is 6.42 Å². The second-order valence-electron chi connectivity index (χ2n) is 6.29. The molecule has 0 spiro atoms. The molecule has 2 atom stereocenters. The van der Waals surface area contributed by atoms with Gasteiger partial charge in [-0.25, -0.2) is 9.59 Å². The lowest BCUT2D eigenvalue weighted by atomic mass is 9.62. The highest BCUT2D eigenvalue weighted by Crippen LogP contribution is 2.43. The molecule has 1 saturated carbocycles. The molecule has 0 bridgehead atoms. The van der Waals surface area contributed by atoms with Gasteiger partial charge in [-0.3, -0.25) is 0 Å². The van der Waals surface area contributed by atoms with Gasteiger partial charge in [-0.15, -0.1) is 0 Å². The van der Waals surface area contributed by atoms with Crippen LogP contribution in [0.5, 0.6) is 0 Å². The molecule has 2 N–H and O–H groups in total. The van der Waals surface area contributed by atoms with E-state index in [-0.39, 0.29) is 11.8 Å². The summed E-state index contributed by atoms with van der Waals surface area (Å²) in [5, 5.41) is 11.9. The maximum Gasteiger partial charge on any atom is 0.408 e. The maximum absolute atomic E-state index is 11.7. The van der Waals surface area contributed by atoms with Crippen molar-refractivity contribution in [3.63, 3.8) is 0 Å². The summed E-state index contributed by atoms with van der Waals surface area (Å²) in [4.78, 5) is 23.2. The Hall–Kier alpha value is -1.26. The molecular weight excluding hydrogens is 234 g/mol. The fraction of sp³-hybridized carbons (Fsp3) is 0.846. The van der Waals surface area contributed by atoms with Crippen molar-refractivity contribution < 1.29 is 19.4 Å². The van der Waals surface area contributed by atoms with Gasteiger partial charge in [0.15, 0.2) is 0 Å². The number of amides is 1. The number of carboxylic acids is 1. The number of hydrogen-bond donors (Lipinski definition) is 2. The minimum Gasteiger partial charge on any atom is -0.479 e. The summed E-state index contributed by atoms with van der Waals surface area (Å²) in [6.07, 6.45) is 0.625. The van der Waals surface area contributed by atoms with Gasteiger partial charge >= 0.3 is 12.1 Å². The van der Waals surface area contributed by atoms with Crippen LogP contribution in [0.4, 0.5) is 4.79 Å². The average molecular weight is 257 g/mol. The summed E-state index contributed by atoms with van der Waals surface area (Å²) < 4.78 is 5.13. The first-order valence-corrected chi connectivity index (χ1v) is 6.33. The van der Waals surface area contributed by atoms with E-state index >= 15 is 0 Å². The standard InChI is InChI=1S/C13H23NO4/c1-8(2)9-6-7-13(9,10(15)16)14-11(17)18-12(3,4)5/h8-9H,6-7H2,1-5H3,(H,14,17)(H,15,16)/t9-,13+/m1/s1. The second-order valence-corrected chi connectivity index (χ2v) is 6.29. The minimum atomic E-state index is -1.16. The number of ether oxygens (including phenoxy) is 1. The summed E-state index contributed by atoms with van der Waals surface area (Å²) >= 11 is 0. The Morgan fingerprint density at radius 1 is 1.39 bits per heavy atom. The fourth-order valence-electron chi connectivity index (χ4n) is 2.46. The van der Waals surface area contributed by atoms with E-state index in [1.807, 2.05) is 13.8 Å². The van der Waals surface area contributed by atoms with Crippen LogP contribution in [0, 0.1) is 11.8 Å². The predicted octanol–water partition coefficient (Wildman–Crippen LogP) is 2.40. The molecule has 0 aliphatic heterocycles. The second kappa shape index (κ2) is 4.78. The number of nitrogens with one attached hydrogen (secondary N) is 1. The molecule has 0 radical (unpaired) electrons. The van der Waals surface area contributed by atoms with E-state index in [0.29, 0.717) is 6.42 Å². The lowest BCUT2D eigenvalue weighted by Gasteiger charge is -2.48. The normalized spacial score (nSPS) is 27.6. The predicted molar refractivity (Wildman–Crippen MR) is 67.3 cm³/mol. The highest BCUT2D eigenvalue weighted by molar-refractivity contribution is 5.86. The van der Waals surface area contributed by atoms with E-state index < -0.39 is 23.2 Å². The van der Waals surface area contributed by atoms with E-state index in [1.54, 1.807) is 20.8 Å². The van der Waals surface area contributed by atoms with Gasteiger partial charge in [0.05, 0.1) is 0 Å². The van der Waals surface area contributed by atoms with Gasteiger partial charge in [0.1, 0.15) is 11.1 Å². The molecule has 0 aromatic rings. The fourth-order valence-corrected chi connectivity index (χ4v) is 2.46. The zero-order chi connectivity index (χ0) is 14.1. The van der Waals surface area contributed by atoms with Crippen LogP contribution < -0.4 is 5.32 Å². The zero-order valence-corrected chi connectivity index (χ0v) is 11.7. The summed E-state index contributed by atoms with van der Waals surface area (Å²) in [6.45, 7) is 9.19. The summed E-state index contributed by atoms with van der Waals surface area (Å²) in [5.41, 5.74) is -1.78. The van der Waals surface area contributed by atoms with Gasteiger partial charge in [-0.2, -0.15) is 0 Å². The van der Waals surface area contributed by atoms with E-state index in [1.165, 1.54) is 0 Å². The van der Waals surface area contributed by atoms with Gasteiger partial charge in [-0.05, 0) is 45.4 Å². The van der Waals surface area contributed by atoms with Crippen LogP contribution in [0.25, 0.3) is 0 Å². The summed E-state index contributed by atoms with van der Waals surface area (Å²) in [5.74, 6) is -0.800. The minimum absolute atomic E-state index is 0.0393. The zero-order valence-electron chi connectivity index (χ0n) is 11.7. The molecule has 0 aromatic carbocycles. The monoisotopic (exact) mass is 257 g/mol. The number of carbonyl (C=O) groups excluding carboxylic acids is 1. The maximum atomic E-state index is 11.7. The highest BCUT2D eigenvalue weighted by atomic mass is 16.6. The van der Waals surface area contributed by atoms with Crippen LogP contribution in [0.15, 0.2) is 0 Å². The molecule has 5 heteroatoms. The number of alkyl carbamates (subject to hydrolysis) is 1. The molecule has 0 unspecified atom stereocenters. The summed E-state index contributed by atoms with van der Waals surface area (Å²) in [7, 11) is 0. The Kier molecular flexibility index (Phi) is 3.93. The van der Waals surface area contributed by atoms with Crippen LogP contribution in [0.3, 0.4) is 0 Å². The van der Waals surface area contributed by atoms with Crippen molar-refractivity contribution in [1.82, 2.24) is 5.32 Å².